The zero-order valence-electron chi connectivity index (χ0n) is 9.14. The Hall–Kier alpha value is -2.11. The lowest BCUT2D eigenvalue weighted by molar-refractivity contribution is -0.385. The molecule has 0 unspecified atom stereocenters. The molecule has 16 heavy (non-hydrogen) atoms. The fraction of sp³-hybridized carbons (Fsp3) is 0.300. The van der Waals surface area contributed by atoms with Crippen LogP contribution < -0.4 is 9.47 Å². The number of nitrogens with zero attached hydrogens (tertiary/aromatic N) is 1. The van der Waals surface area contributed by atoms with Crippen molar-refractivity contribution in [2.45, 2.75) is 6.92 Å². The van der Waals surface area contributed by atoms with Crippen LogP contribution in [0.2, 0.25) is 0 Å². The van der Waals surface area contributed by atoms with Gasteiger partial charge in [-0.1, -0.05) is 0 Å². The van der Waals surface area contributed by atoms with E-state index < -0.39 is 4.92 Å². The molecule has 0 bridgehead atoms. The average Bonchev–Trinajstić information content (AvgIpc) is 2.26. The highest BCUT2D eigenvalue weighted by atomic mass is 16.6. The van der Waals surface area contributed by atoms with E-state index in [1.807, 2.05) is 0 Å². The molecule has 0 N–H and O–H groups in total. The zero-order valence-corrected chi connectivity index (χ0v) is 9.14. The number of rotatable bonds is 4. The Balaban J connectivity index is 3.49. The SMILES string of the molecule is COc1cc([N+](=O)[O-])cc(C(C)=O)c1OC. The molecule has 0 saturated heterocycles. The minimum absolute atomic E-state index is 0.133. The van der Waals surface area contributed by atoms with Crippen molar-refractivity contribution in [3.63, 3.8) is 0 Å². The lowest BCUT2D eigenvalue weighted by Gasteiger charge is -2.10. The zero-order chi connectivity index (χ0) is 12.3. The summed E-state index contributed by atoms with van der Waals surface area (Å²) in [4.78, 5) is 21.4. The summed E-state index contributed by atoms with van der Waals surface area (Å²) < 4.78 is 9.93. The normalized spacial score (nSPS) is 9.69. The van der Waals surface area contributed by atoms with Crippen molar-refractivity contribution in [3.8, 4) is 11.5 Å². The Labute approximate surface area is 91.9 Å². The minimum atomic E-state index is -0.589. The van der Waals surface area contributed by atoms with Crippen molar-refractivity contribution in [2.24, 2.45) is 0 Å². The lowest BCUT2D eigenvalue weighted by Crippen LogP contribution is -2.02. The van der Waals surface area contributed by atoms with Gasteiger partial charge in [0.05, 0.1) is 30.8 Å². The molecule has 0 aromatic heterocycles. The number of non-ortho nitro benzene ring substituents is 1. The number of benzene rings is 1. The Morgan fingerprint density at radius 3 is 2.31 bits per heavy atom. The minimum Gasteiger partial charge on any atom is -0.493 e. The van der Waals surface area contributed by atoms with Gasteiger partial charge in [0, 0.05) is 6.07 Å². The van der Waals surface area contributed by atoms with E-state index in [4.69, 9.17) is 9.47 Å². The molecule has 6 heteroatoms. The lowest BCUT2D eigenvalue weighted by atomic mass is 10.1. The van der Waals surface area contributed by atoms with Gasteiger partial charge in [-0.3, -0.25) is 14.9 Å². The standard InChI is InChI=1S/C10H11NO5/c1-6(12)8-4-7(11(13)14)5-9(15-2)10(8)16-3/h4-5H,1-3H3. The van der Waals surface area contributed by atoms with Crippen molar-refractivity contribution >= 4 is 11.5 Å². The maximum Gasteiger partial charge on any atom is 0.274 e. The fourth-order valence-corrected chi connectivity index (χ4v) is 1.32. The highest BCUT2D eigenvalue weighted by Crippen LogP contribution is 2.35. The first kappa shape index (κ1) is 12.0. The maximum atomic E-state index is 11.3. The molecule has 0 spiro atoms. The van der Waals surface area contributed by atoms with E-state index in [0.29, 0.717) is 0 Å². The molecule has 0 radical (unpaired) electrons. The van der Waals surface area contributed by atoms with E-state index in [0.717, 1.165) is 0 Å². The molecule has 6 nitrogen and oxygen atoms in total. The summed E-state index contributed by atoms with van der Waals surface area (Å²) in [6.45, 7) is 1.31. The van der Waals surface area contributed by atoms with Gasteiger partial charge < -0.3 is 9.47 Å². The molecule has 0 saturated carbocycles. The van der Waals surface area contributed by atoms with E-state index in [-0.39, 0.29) is 28.5 Å². The Kier molecular flexibility index (Phi) is 3.44. The van der Waals surface area contributed by atoms with Gasteiger partial charge in [-0.2, -0.15) is 0 Å². The first-order valence-electron chi connectivity index (χ1n) is 4.42. The molecular formula is C10H11NO5. The summed E-state index contributed by atoms with van der Waals surface area (Å²) in [7, 11) is 2.72. The largest absolute Gasteiger partial charge is 0.493 e. The second-order valence-corrected chi connectivity index (χ2v) is 3.04. The predicted molar refractivity (Wildman–Crippen MR) is 56.2 cm³/mol. The van der Waals surface area contributed by atoms with Gasteiger partial charge in [-0.05, 0) is 6.92 Å². The molecule has 0 amide bonds. The van der Waals surface area contributed by atoms with Gasteiger partial charge in [-0.15, -0.1) is 0 Å². The number of nitro groups is 1. The van der Waals surface area contributed by atoms with Crippen LogP contribution in [-0.2, 0) is 0 Å². The third-order valence-corrected chi connectivity index (χ3v) is 2.05. The summed E-state index contributed by atoms with van der Waals surface area (Å²) in [6.07, 6.45) is 0. The summed E-state index contributed by atoms with van der Waals surface area (Å²) >= 11 is 0. The summed E-state index contributed by atoms with van der Waals surface area (Å²) in [5, 5.41) is 10.6. The summed E-state index contributed by atoms with van der Waals surface area (Å²) in [6, 6.07) is 2.38. The van der Waals surface area contributed by atoms with E-state index in [1.54, 1.807) is 0 Å². The number of methoxy groups -OCH3 is 2. The number of hydrogen-bond donors (Lipinski definition) is 0. The van der Waals surface area contributed by atoms with Crippen molar-refractivity contribution < 1.29 is 19.2 Å². The van der Waals surface area contributed by atoms with E-state index in [2.05, 4.69) is 0 Å². The van der Waals surface area contributed by atoms with Crippen LogP contribution in [0.3, 0.4) is 0 Å². The molecule has 0 atom stereocenters. The van der Waals surface area contributed by atoms with Crippen LogP contribution in [0.5, 0.6) is 11.5 Å². The molecule has 0 aliphatic carbocycles. The highest BCUT2D eigenvalue weighted by molar-refractivity contribution is 5.98. The predicted octanol–water partition coefficient (Wildman–Crippen LogP) is 1.81. The third-order valence-electron chi connectivity index (χ3n) is 2.05. The van der Waals surface area contributed by atoms with Gasteiger partial charge in [0.1, 0.15) is 0 Å². The number of carbonyl (C=O) groups is 1. The summed E-state index contributed by atoms with van der Waals surface area (Å²) in [5.74, 6) is 0.0568. The number of ketones is 1. The molecule has 0 fully saturated rings. The fourth-order valence-electron chi connectivity index (χ4n) is 1.32. The second-order valence-electron chi connectivity index (χ2n) is 3.04. The van der Waals surface area contributed by atoms with Crippen LogP contribution in [0.15, 0.2) is 12.1 Å². The number of nitro benzene ring substituents is 1. The van der Waals surface area contributed by atoms with Gasteiger partial charge >= 0.3 is 0 Å². The molecule has 0 heterocycles. The highest BCUT2D eigenvalue weighted by Gasteiger charge is 2.20. The van der Waals surface area contributed by atoms with Crippen LogP contribution in [0.25, 0.3) is 0 Å². The average molecular weight is 225 g/mol. The Morgan fingerprint density at radius 2 is 1.94 bits per heavy atom. The van der Waals surface area contributed by atoms with Crippen molar-refractivity contribution in [1.29, 1.82) is 0 Å². The molecule has 1 aromatic rings. The summed E-state index contributed by atoms with van der Waals surface area (Å²) in [5.41, 5.74) is -0.0728. The van der Waals surface area contributed by atoms with E-state index in [9.17, 15) is 14.9 Å². The smallest absolute Gasteiger partial charge is 0.274 e. The third kappa shape index (κ3) is 2.10. The van der Waals surface area contributed by atoms with Crippen molar-refractivity contribution in [2.75, 3.05) is 14.2 Å². The van der Waals surface area contributed by atoms with Crippen LogP contribution >= 0.6 is 0 Å². The number of hydrogen-bond acceptors (Lipinski definition) is 5. The van der Waals surface area contributed by atoms with Crippen molar-refractivity contribution in [1.82, 2.24) is 0 Å². The number of ether oxygens (including phenoxy) is 2. The van der Waals surface area contributed by atoms with Gasteiger partial charge in [-0.25, -0.2) is 0 Å². The van der Waals surface area contributed by atoms with Crippen LogP contribution in [0.4, 0.5) is 5.69 Å². The molecule has 0 aliphatic heterocycles. The second kappa shape index (κ2) is 4.61. The van der Waals surface area contributed by atoms with Gasteiger partial charge in [0.25, 0.3) is 5.69 Å². The van der Waals surface area contributed by atoms with Gasteiger partial charge in [0.15, 0.2) is 17.3 Å². The van der Waals surface area contributed by atoms with Gasteiger partial charge in [0.2, 0.25) is 0 Å². The monoisotopic (exact) mass is 225 g/mol. The molecule has 0 aliphatic rings. The molecule has 86 valence electrons. The first-order chi connectivity index (χ1) is 7.51. The number of Topliss-reactive ketones (excluding diaryl/α,β-unsaturated/α-hetero) is 1. The molecule has 1 aromatic carbocycles. The molecular weight excluding hydrogens is 214 g/mol. The molecule has 1 rings (SSSR count). The van der Waals surface area contributed by atoms with Crippen molar-refractivity contribution in [3.05, 3.63) is 27.8 Å². The maximum absolute atomic E-state index is 11.3. The topological polar surface area (TPSA) is 78.7 Å². The van der Waals surface area contributed by atoms with Crippen LogP contribution in [0.1, 0.15) is 17.3 Å². The van der Waals surface area contributed by atoms with E-state index in [1.165, 1.54) is 33.3 Å². The van der Waals surface area contributed by atoms with Crippen LogP contribution in [0, 0.1) is 10.1 Å². The number of carbonyl (C=O) groups excluding carboxylic acids is 1. The first-order valence-corrected chi connectivity index (χ1v) is 4.42. The van der Waals surface area contributed by atoms with E-state index >= 15 is 0 Å². The van der Waals surface area contributed by atoms with Crippen LogP contribution in [-0.4, -0.2) is 24.9 Å². The quantitative estimate of drug-likeness (QED) is 0.443. The Morgan fingerprint density at radius 1 is 1.31 bits per heavy atom. The Bertz CT molecular complexity index is 441.